The number of hydrogen-bond acceptors (Lipinski definition) is 5. The fraction of sp³-hybridized carbons (Fsp3) is 0.440. The zero-order valence-electron chi connectivity index (χ0n) is 18.7. The molecule has 0 bridgehead atoms. The molecule has 2 aromatic rings. The number of esters is 1. The molecule has 172 valence electrons. The maximum absolute atomic E-state index is 13.9. The molecule has 32 heavy (non-hydrogen) atoms. The number of carbonyl (C=O) groups is 2. The van der Waals surface area contributed by atoms with Crippen molar-refractivity contribution in [3.8, 4) is 5.75 Å². The first-order valence-corrected chi connectivity index (χ1v) is 10.9. The Morgan fingerprint density at radius 3 is 2.62 bits per heavy atom. The average molecular weight is 444 g/mol. The van der Waals surface area contributed by atoms with Gasteiger partial charge in [-0.3, -0.25) is 4.79 Å². The maximum atomic E-state index is 13.9. The van der Waals surface area contributed by atoms with E-state index in [1.165, 1.54) is 22.6 Å². The van der Waals surface area contributed by atoms with Crippen molar-refractivity contribution in [2.75, 3.05) is 19.8 Å². The highest BCUT2D eigenvalue weighted by molar-refractivity contribution is 5.86. The second kappa shape index (κ2) is 10.6. The first-order chi connectivity index (χ1) is 15.3. The van der Waals surface area contributed by atoms with Crippen molar-refractivity contribution < 1.29 is 28.6 Å². The van der Waals surface area contributed by atoms with E-state index in [1.807, 2.05) is 25.1 Å². The minimum Gasteiger partial charge on any atom is -0.490 e. The van der Waals surface area contributed by atoms with Crippen molar-refractivity contribution in [3.63, 3.8) is 0 Å². The predicted molar refractivity (Wildman–Crippen MR) is 118 cm³/mol. The molecule has 0 saturated carbocycles. The zero-order valence-corrected chi connectivity index (χ0v) is 18.7. The first-order valence-electron chi connectivity index (χ1n) is 10.9. The number of rotatable bonds is 8. The molecule has 3 rings (SSSR count). The topological polar surface area (TPSA) is 76.1 Å². The molecule has 1 heterocycles. The van der Waals surface area contributed by atoms with Crippen LogP contribution in [0, 0.1) is 12.7 Å². The van der Waals surface area contributed by atoms with Gasteiger partial charge in [-0.25, -0.2) is 9.18 Å². The molecule has 2 atom stereocenters. The SMILES string of the molecule is Cc1cc(OCCOC(=O)C2CC(O)CN2C(=O)Cc2ccccc2F)ccc1C(C)C. The van der Waals surface area contributed by atoms with Gasteiger partial charge < -0.3 is 19.5 Å². The molecule has 2 aromatic carbocycles. The van der Waals surface area contributed by atoms with Gasteiger partial charge in [-0.05, 0) is 47.7 Å². The van der Waals surface area contributed by atoms with E-state index in [4.69, 9.17) is 9.47 Å². The molecule has 1 saturated heterocycles. The average Bonchev–Trinajstić information content (AvgIpc) is 3.14. The van der Waals surface area contributed by atoms with Crippen molar-refractivity contribution in [2.24, 2.45) is 0 Å². The van der Waals surface area contributed by atoms with Gasteiger partial charge in [-0.2, -0.15) is 0 Å². The van der Waals surface area contributed by atoms with Crippen molar-refractivity contribution in [2.45, 2.75) is 51.7 Å². The van der Waals surface area contributed by atoms with Gasteiger partial charge in [0.1, 0.15) is 30.8 Å². The van der Waals surface area contributed by atoms with E-state index >= 15 is 0 Å². The number of hydrogen-bond donors (Lipinski definition) is 1. The van der Waals surface area contributed by atoms with E-state index in [1.54, 1.807) is 12.1 Å². The molecular weight excluding hydrogens is 413 g/mol. The number of β-amino-alcohol motifs (C(OH)–C–C–N with tert-alkyl or cyclic N) is 1. The smallest absolute Gasteiger partial charge is 0.329 e. The van der Waals surface area contributed by atoms with Crippen LogP contribution in [0.15, 0.2) is 42.5 Å². The first kappa shape index (κ1) is 23.7. The van der Waals surface area contributed by atoms with E-state index in [9.17, 15) is 19.1 Å². The number of aliphatic hydroxyl groups is 1. The number of aliphatic hydroxyl groups excluding tert-OH is 1. The standard InChI is InChI=1S/C25H30FNO5/c1-16(2)21-9-8-20(12-17(21)3)31-10-11-32-25(30)23-14-19(28)15-27(23)24(29)13-18-6-4-5-7-22(18)26/h4-9,12,16,19,23,28H,10-11,13-15H2,1-3H3. The quantitative estimate of drug-likeness (QED) is 0.500. The molecule has 0 aromatic heterocycles. The molecule has 2 unspecified atom stereocenters. The third-order valence-corrected chi connectivity index (χ3v) is 5.63. The minimum atomic E-state index is -0.892. The highest BCUT2D eigenvalue weighted by atomic mass is 19.1. The molecule has 1 N–H and O–H groups in total. The highest BCUT2D eigenvalue weighted by Gasteiger charge is 2.39. The van der Waals surface area contributed by atoms with Gasteiger partial charge in [0.05, 0.1) is 12.5 Å². The Balaban J connectivity index is 1.51. The Morgan fingerprint density at radius 1 is 1.19 bits per heavy atom. The zero-order chi connectivity index (χ0) is 23.3. The fourth-order valence-corrected chi connectivity index (χ4v) is 4.00. The van der Waals surface area contributed by atoms with Gasteiger partial charge in [0, 0.05) is 13.0 Å². The number of likely N-dealkylation sites (tertiary alicyclic amines) is 1. The van der Waals surface area contributed by atoms with Crippen molar-refractivity contribution in [1.29, 1.82) is 0 Å². The van der Waals surface area contributed by atoms with Gasteiger partial charge in [0.15, 0.2) is 0 Å². The molecule has 0 aliphatic carbocycles. The molecule has 0 spiro atoms. The maximum Gasteiger partial charge on any atom is 0.329 e. The molecule has 6 nitrogen and oxygen atoms in total. The summed E-state index contributed by atoms with van der Waals surface area (Å²) in [6.07, 6.45) is -0.910. The summed E-state index contributed by atoms with van der Waals surface area (Å²) in [7, 11) is 0. The third-order valence-electron chi connectivity index (χ3n) is 5.63. The van der Waals surface area contributed by atoms with Crippen LogP contribution in [-0.4, -0.2) is 53.8 Å². The summed E-state index contributed by atoms with van der Waals surface area (Å²) in [6.45, 7) is 6.50. The Hall–Kier alpha value is -2.93. The number of ether oxygens (including phenoxy) is 2. The molecule has 7 heteroatoms. The van der Waals surface area contributed by atoms with Gasteiger partial charge in [0.2, 0.25) is 5.91 Å². The van der Waals surface area contributed by atoms with Gasteiger partial charge in [0.25, 0.3) is 0 Å². The Morgan fingerprint density at radius 2 is 1.94 bits per heavy atom. The molecule has 1 fully saturated rings. The van der Waals surface area contributed by atoms with Crippen LogP contribution in [-0.2, 0) is 20.7 Å². The lowest BCUT2D eigenvalue weighted by atomic mass is 9.98. The lowest BCUT2D eigenvalue weighted by Crippen LogP contribution is -2.42. The van der Waals surface area contributed by atoms with Crippen LogP contribution in [0.4, 0.5) is 4.39 Å². The van der Waals surface area contributed by atoms with Crippen molar-refractivity contribution >= 4 is 11.9 Å². The number of benzene rings is 2. The van der Waals surface area contributed by atoms with Crippen LogP contribution in [0.1, 0.15) is 42.9 Å². The number of nitrogens with zero attached hydrogens (tertiary/aromatic N) is 1. The summed E-state index contributed by atoms with van der Waals surface area (Å²) >= 11 is 0. The predicted octanol–water partition coefficient (Wildman–Crippen LogP) is 3.38. The monoisotopic (exact) mass is 443 g/mol. The summed E-state index contributed by atoms with van der Waals surface area (Å²) in [4.78, 5) is 26.5. The van der Waals surface area contributed by atoms with Crippen LogP contribution >= 0.6 is 0 Å². The van der Waals surface area contributed by atoms with Crippen molar-refractivity contribution in [3.05, 3.63) is 65.0 Å². The number of carbonyl (C=O) groups excluding carboxylic acids is 2. The van der Waals surface area contributed by atoms with Crippen LogP contribution in [0.2, 0.25) is 0 Å². The van der Waals surface area contributed by atoms with Gasteiger partial charge >= 0.3 is 5.97 Å². The van der Waals surface area contributed by atoms with Gasteiger partial charge in [-0.15, -0.1) is 0 Å². The molecule has 1 amide bonds. The fourth-order valence-electron chi connectivity index (χ4n) is 4.00. The van der Waals surface area contributed by atoms with E-state index in [0.29, 0.717) is 11.7 Å². The van der Waals surface area contributed by atoms with E-state index < -0.39 is 29.8 Å². The van der Waals surface area contributed by atoms with Crippen LogP contribution < -0.4 is 4.74 Å². The van der Waals surface area contributed by atoms with E-state index in [0.717, 1.165) is 5.56 Å². The van der Waals surface area contributed by atoms with Crippen LogP contribution in [0.5, 0.6) is 5.75 Å². The van der Waals surface area contributed by atoms with Gasteiger partial charge in [-0.1, -0.05) is 38.1 Å². The van der Waals surface area contributed by atoms with Crippen molar-refractivity contribution in [1.82, 2.24) is 4.90 Å². The molecule has 1 aliphatic rings. The summed E-state index contributed by atoms with van der Waals surface area (Å²) < 4.78 is 24.8. The lowest BCUT2D eigenvalue weighted by Gasteiger charge is -2.23. The van der Waals surface area contributed by atoms with Crippen LogP contribution in [0.3, 0.4) is 0 Å². The largest absolute Gasteiger partial charge is 0.490 e. The highest BCUT2D eigenvalue weighted by Crippen LogP contribution is 2.24. The van der Waals surface area contributed by atoms with E-state index in [-0.39, 0.29) is 38.2 Å². The normalized spacial score (nSPS) is 18.1. The number of amides is 1. The second-order valence-electron chi connectivity index (χ2n) is 8.41. The van der Waals surface area contributed by atoms with Crippen LogP contribution in [0.25, 0.3) is 0 Å². The lowest BCUT2D eigenvalue weighted by molar-refractivity contribution is -0.153. The molecule has 1 aliphatic heterocycles. The summed E-state index contributed by atoms with van der Waals surface area (Å²) in [5.41, 5.74) is 2.64. The number of halogens is 1. The molecular formula is C25H30FNO5. The summed E-state index contributed by atoms with van der Waals surface area (Å²) in [5.74, 6) is -0.380. The molecule has 0 radical (unpaired) electrons. The number of aryl methyl sites for hydroxylation is 1. The summed E-state index contributed by atoms with van der Waals surface area (Å²) in [6, 6.07) is 11.0. The third kappa shape index (κ3) is 5.85. The minimum absolute atomic E-state index is 0.0189. The summed E-state index contributed by atoms with van der Waals surface area (Å²) in [5, 5.41) is 10.00. The Labute approximate surface area is 187 Å². The Bertz CT molecular complexity index is 961. The Kier molecular flexibility index (Phi) is 7.85. The second-order valence-corrected chi connectivity index (χ2v) is 8.41. The van der Waals surface area contributed by atoms with E-state index in [2.05, 4.69) is 13.8 Å².